The van der Waals surface area contributed by atoms with E-state index < -0.39 is 0 Å². The van der Waals surface area contributed by atoms with Gasteiger partial charge in [-0.1, -0.05) is 0 Å². The number of aliphatic hydroxyl groups excluding tert-OH is 1. The highest BCUT2D eigenvalue weighted by molar-refractivity contribution is 5.47. The number of aliphatic hydroxyl groups is 1. The van der Waals surface area contributed by atoms with Gasteiger partial charge in [0.25, 0.3) is 0 Å². The summed E-state index contributed by atoms with van der Waals surface area (Å²) in [5.41, 5.74) is 3.47. The summed E-state index contributed by atoms with van der Waals surface area (Å²) in [6.45, 7) is 3.14. The normalized spacial score (nSPS) is 10.4. The van der Waals surface area contributed by atoms with Crippen LogP contribution in [0, 0.1) is 6.92 Å². The van der Waals surface area contributed by atoms with Crippen molar-refractivity contribution in [2.24, 2.45) is 5.84 Å². The van der Waals surface area contributed by atoms with E-state index in [0.29, 0.717) is 5.95 Å². The lowest BCUT2D eigenvalue weighted by atomic mass is 10.2. The number of nitrogens with zero attached hydrogens (tertiary/aromatic N) is 3. The Morgan fingerprint density at radius 3 is 2.82 bits per heavy atom. The molecule has 6 heteroatoms. The maximum Gasteiger partial charge on any atom is 0.239 e. The van der Waals surface area contributed by atoms with Crippen LogP contribution in [0.4, 0.5) is 11.8 Å². The number of anilines is 2. The van der Waals surface area contributed by atoms with Crippen LogP contribution in [0.2, 0.25) is 0 Å². The summed E-state index contributed by atoms with van der Waals surface area (Å²) in [4.78, 5) is 10.4. The van der Waals surface area contributed by atoms with Crippen molar-refractivity contribution in [1.82, 2.24) is 9.97 Å². The molecule has 0 bridgehead atoms. The molecule has 4 N–H and O–H groups in total. The van der Waals surface area contributed by atoms with E-state index in [1.807, 2.05) is 14.0 Å². The van der Waals surface area contributed by atoms with E-state index in [0.717, 1.165) is 37.2 Å². The van der Waals surface area contributed by atoms with Crippen LogP contribution in [0.15, 0.2) is 6.20 Å². The molecule has 0 unspecified atom stereocenters. The number of nitrogens with one attached hydrogen (secondary N) is 1. The van der Waals surface area contributed by atoms with Gasteiger partial charge in [-0.15, -0.1) is 0 Å². The van der Waals surface area contributed by atoms with Crippen molar-refractivity contribution >= 4 is 11.8 Å². The van der Waals surface area contributed by atoms with Crippen LogP contribution in [0.3, 0.4) is 0 Å². The van der Waals surface area contributed by atoms with Crippen molar-refractivity contribution in [3.05, 3.63) is 11.8 Å². The van der Waals surface area contributed by atoms with E-state index in [1.54, 1.807) is 6.20 Å². The number of hydrogen-bond donors (Lipinski definition) is 3. The van der Waals surface area contributed by atoms with Gasteiger partial charge >= 0.3 is 0 Å². The molecule has 1 aromatic heterocycles. The van der Waals surface area contributed by atoms with Gasteiger partial charge in [-0.2, -0.15) is 4.98 Å². The van der Waals surface area contributed by atoms with Crippen molar-refractivity contribution in [2.45, 2.75) is 26.2 Å². The van der Waals surface area contributed by atoms with E-state index >= 15 is 0 Å². The number of nitrogen functional groups attached to an aromatic ring is 1. The summed E-state index contributed by atoms with van der Waals surface area (Å²) in [5.74, 6) is 6.60. The Hall–Kier alpha value is -1.40. The van der Waals surface area contributed by atoms with Crippen molar-refractivity contribution in [3.8, 4) is 0 Å². The van der Waals surface area contributed by atoms with Gasteiger partial charge in [-0.05, 0) is 26.2 Å². The quantitative estimate of drug-likeness (QED) is 0.368. The molecule has 0 aliphatic heterocycles. The first-order chi connectivity index (χ1) is 8.19. The molecule has 1 heterocycles. The first-order valence-corrected chi connectivity index (χ1v) is 5.81. The number of unbranched alkanes of at least 4 members (excludes halogenated alkanes) is 2. The fraction of sp³-hybridized carbons (Fsp3) is 0.636. The average Bonchev–Trinajstić information content (AvgIpc) is 2.35. The van der Waals surface area contributed by atoms with Crippen LogP contribution in [-0.2, 0) is 0 Å². The predicted octanol–water partition coefficient (Wildman–Crippen LogP) is 0.669. The third-order valence-electron chi connectivity index (χ3n) is 2.59. The molecular formula is C11H21N5O. The van der Waals surface area contributed by atoms with Gasteiger partial charge in [-0.3, -0.25) is 5.43 Å². The standard InChI is InChI=1S/C11H21N5O/c1-9-8-13-11(15-12)14-10(9)16(2)6-4-3-5-7-17/h8,17H,3-7,12H2,1-2H3,(H,13,14,15). The van der Waals surface area contributed by atoms with E-state index in [2.05, 4.69) is 20.3 Å². The van der Waals surface area contributed by atoms with Crippen LogP contribution in [0.5, 0.6) is 0 Å². The van der Waals surface area contributed by atoms with E-state index in [4.69, 9.17) is 10.9 Å². The molecule has 6 nitrogen and oxygen atoms in total. The molecule has 0 spiro atoms. The topological polar surface area (TPSA) is 87.3 Å². The lowest BCUT2D eigenvalue weighted by Crippen LogP contribution is -2.22. The average molecular weight is 239 g/mol. The Bertz CT molecular complexity index is 345. The highest BCUT2D eigenvalue weighted by Gasteiger charge is 2.07. The van der Waals surface area contributed by atoms with Crippen LogP contribution < -0.4 is 16.2 Å². The third-order valence-corrected chi connectivity index (χ3v) is 2.59. The van der Waals surface area contributed by atoms with E-state index in [1.165, 1.54) is 0 Å². The number of aryl methyl sites for hydroxylation is 1. The highest BCUT2D eigenvalue weighted by Crippen LogP contribution is 2.16. The molecule has 0 saturated heterocycles. The summed E-state index contributed by atoms with van der Waals surface area (Å²) in [7, 11) is 1.99. The largest absolute Gasteiger partial charge is 0.396 e. The van der Waals surface area contributed by atoms with Crippen LogP contribution >= 0.6 is 0 Å². The summed E-state index contributed by atoms with van der Waals surface area (Å²) in [5, 5.41) is 8.70. The molecule has 0 fully saturated rings. The van der Waals surface area contributed by atoms with Crippen molar-refractivity contribution in [1.29, 1.82) is 0 Å². The molecule has 0 aliphatic carbocycles. The van der Waals surface area contributed by atoms with Crippen LogP contribution in [-0.4, -0.2) is 35.3 Å². The zero-order valence-corrected chi connectivity index (χ0v) is 10.5. The van der Waals surface area contributed by atoms with Gasteiger partial charge in [0.15, 0.2) is 0 Å². The zero-order chi connectivity index (χ0) is 12.7. The molecule has 0 amide bonds. The number of nitrogens with two attached hydrogens (primary N) is 1. The fourth-order valence-corrected chi connectivity index (χ4v) is 1.63. The van der Waals surface area contributed by atoms with Crippen molar-refractivity contribution in [3.63, 3.8) is 0 Å². The van der Waals surface area contributed by atoms with Gasteiger partial charge in [0.2, 0.25) is 5.95 Å². The number of hydrogen-bond acceptors (Lipinski definition) is 6. The molecule has 1 rings (SSSR count). The van der Waals surface area contributed by atoms with Gasteiger partial charge in [0, 0.05) is 32.0 Å². The number of aromatic nitrogens is 2. The minimum absolute atomic E-state index is 0.261. The molecule has 0 radical (unpaired) electrons. The SMILES string of the molecule is Cc1cnc(NN)nc1N(C)CCCCCO. The summed E-state index contributed by atoms with van der Waals surface area (Å²) >= 11 is 0. The molecule has 0 aromatic carbocycles. The summed E-state index contributed by atoms with van der Waals surface area (Å²) < 4.78 is 0. The molecule has 1 aromatic rings. The number of hydrazine groups is 1. The monoisotopic (exact) mass is 239 g/mol. The smallest absolute Gasteiger partial charge is 0.239 e. The van der Waals surface area contributed by atoms with Crippen LogP contribution in [0.25, 0.3) is 0 Å². The molecule has 0 aliphatic rings. The number of rotatable bonds is 7. The lowest BCUT2D eigenvalue weighted by molar-refractivity contribution is 0.283. The Kier molecular flexibility index (Phi) is 5.65. The Morgan fingerprint density at radius 1 is 1.41 bits per heavy atom. The van der Waals surface area contributed by atoms with Gasteiger partial charge in [0.1, 0.15) is 5.82 Å². The second kappa shape index (κ2) is 7.03. The first-order valence-electron chi connectivity index (χ1n) is 5.81. The Balaban J connectivity index is 2.57. The predicted molar refractivity (Wildman–Crippen MR) is 68.8 cm³/mol. The molecule has 0 saturated carbocycles. The minimum atomic E-state index is 0.261. The van der Waals surface area contributed by atoms with E-state index in [9.17, 15) is 0 Å². The van der Waals surface area contributed by atoms with Crippen molar-refractivity contribution in [2.75, 3.05) is 30.5 Å². The Labute approximate surface area is 102 Å². The summed E-state index contributed by atoms with van der Waals surface area (Å²) in [6, 6.07) is 0. The molecular weight excluding hydrogens is 218 g/mol. The van der Waals surface area contributed by atoms with Gasteiger partial charge < -0.3 is 10.0 Å². The van der Waals surface area contributed by atoms with E-state index in [-0.39, 0.29) is 6.61 Å². The first kappa shape index (κ1) is 13.7. The second-order valence-corrected chi connectivity index (χ2v) is 4.05. The Morgan fingerprint density at radius 2 is 2.18 bits per heavy atom. The van der Waals surface area contributed by atoms with Crippen molar-refractivity contribution < 1.29 is 5.11 Å². The van der Waals surface area contributed by atoms with Gasteiger partial charge in [0.05, 0.1) is 0 Å². The lowest BCUT2D eigenvalue weighted by Gasteiger charge is -2.20. The zero-order valence-electron chi connectivity index (χ0n) is 10.5. The molecule has 0 atom stereocenters. The summed E-state index contributed by atoms with van der Waals surface area (Å²) in [6.07, 6.45) is 4.66. The highest BCUT2D eigenvalue weighted by atomic mass is 16.2. The second-order valence-electron chi connectivity index (χ2n) is 4.05. The minimum Gasteiger partial charge on any atom is -0.396 e. The third kappa shape index (κ3) is 4.16. The van der Waals surface area contributed by atoms with Crippen LogP contribution in [0.1, 0.15) is 24.8 Å². The molecule has 17 heavy (non-hydrogen) atoms. The maximum atomic E-state index is 8.70. The molecule has 96 valence electrons. The maximum absolute atomic E-state index is 8.70. The van der Waals surface area contributed by atoms with Gasteiger partial charge in [-0.25, -0.2) is 10.8 Å². The fourth-order valence-electron chi connectivity index (χ4n) is 1.63.